The zero-order valence-electron chi connectivity index (χ0n) is 11.8. The fraction of sp³-hybridized carbons (Fsp3) is 0.235. The number of benzene rings is 2. The Morgan fingerprint density at radius 2 is 1.71 bits per heavy atom. The van der Waals surface area contributed by atoms with E-state index in [0.29, 0.717) is 16.9 Å². The van der Waals surface area contributed by atoms with E-state index in [1.807, 2.05) is 6.07 Å². The van der Waals surface area contributed by atoms with Crippen molar-refractivity contribution in [1.29, 1.82) is 0 Å². The first-order valence-electron chi connectivity index (χ1n) is 7.15. The van der Waals surface area contributed by atoms with Crippen LogP contribution in [0.4, 0.5) is 11.4 Å². The molecule has 0 fully saturated rings. The number of fused-ring (bicyclic) bond motifs is 1. The number of nitrogens with two attached hydrogens (primary N) is 2. The maximum atomic E-state index is 12.3. The summed E-state index contributed by atoms with van der Waals surface area (Å²) in [6, 6.07) is 13.5. The summed E-state index contributed by atoms with van der Waals surface area (Å²) in [6.07, 6.45) is 2.83. The molecule has 1 amide bonds. The Bertz CT molecular complexity index is 661. The first-order valence-corrected chi connectivity index (χ1v) is 7.15. The van der Waals surface area contributed by atoms with Gasteiger partial charge in [0.15, 0.2) is 0 Å². The number of nitrogens with one attached hydrogen (secondary N) is 1. The van der Waals surface area contributed by atoms with Gasteiger partial charge in [-0.25, -0.2) is 0 Å². The average Bonchev–Trinajstić information content (AvgIpc) is 2.46. The highest BCUT2D eigenvalue weighted by molar-refractivity contribution is 5.96. The molecule has 2 aromatic rings. The molecule has 1 aliphatic rings. The third-order valence-corrected chi connectivity index (χ3v) is 3.92. The second-order valence-electron chi connectivity index (χ2n) is 5.57. The van der Waals surface area contributed by atoms with Gasteiger partial charge in [0.2, 0.25) is 0 Å². The maximum absolute atomic E-state index is 12.3. The predicted molar refractivity (Wildman–Crippen MR) is 85.0 cm³/mol. The van der Waals surface area contributed by atoms with Crippen LogP contribution in [0.1, 0.15) is 27.9 Å². The van der Waals surface area contributed by atoms with Crippen molar-refractivity contribution in [2.24, 2.45) is 0 Å². The predicted octanol–water partition coefficient (Wildman–Crippen LogP) is 2.14. The zero-order valence-corrected chi connectivity index (χ0v) is 11.8. The summed E-state index contributed by atoms with van der Waals surface area (Å²) >= 11 is 0. The minimum Gasteiger partial charge on any atom is -0.399 e. The number of nitrogen functional groups attached to an aromatic ring is 2. The molecular formula is C17H19N3O. The van der Waals surface area contributed by atoms with Crippen molar-refractivity contribution < 1.29 is 4.79 Å². The summed E-state index contributed by atoms with van der Waals surface area (Å²) in [6.45, 7) is 0. The van der Waals surface area contributed by atoms with Crippen molar-refractivity contribution in [2.45, 2.75) is 25.3 Å². The number of amides is 1. The minimum absolute atomic E-state index is 0.113. The lowest BCUT2D eigenvalue weighted by Crippen LogP contribution is -2.38. The summed E-state index contributed by atoms with van der Waals surface area (Å²) in [4.78, 5) is 12.3. The quantitative estimate of drug-likeness (QED) is 0.738. The van der Waals surface area contributed by atoms with Gasteiger partial charge >= 0.3 is 0 Å². The Morgan fingerprint density at radius 3 is 2.43 bits per heavy atom. The van der Waals surface area contributed by atoms with Gasteiger partial charge in [-0.05, 0) is 48.6 Å². The van der Waals surface area contributed by atoms with E-state index in [4.69, 9.17) is 11.5 Å². The normalized spacial score (nSPS) is 17.0. The van der Waals surface area contributed by atoms with E-state index in [2.05, 4.69) is 23.5 Å². The molecule has 21 heavy (non-hydrogen) atoms. The first kappa shape index (κ1) is 13.5. The standard InChI is InChI=1S/C17H19N3O/c18-14-7-13(8-15(19)10-14)17(21)20-16-6-5-11-3-1-2-4-12(11)9-16/h1-4,7-8,10,16H,5-6,9,18-19H2,(H,20,21). The molecule has 4 nitrogen and oxygen atoms in total. The largest absolute Gasteiger partial charge is 0.399 e. The topological polar surface area (TPSA) is 81.1 Å². The van der Waals surface area contributed by atoms with Gasteiger partial charge in [0, 0.05) is 23.0 Å². The maximum Gasteiger partial charge on any atom is 0.251 e. The van der Waals surface area contributed by atoms with Crippen LogP contribution in [0.5, 0.6) is 0 Å². The van der Waals surface area contributed by atoms with E-state index < -0.39 is 0 Å². The van der Waals surface area contributed by atoms with Crippen LogP contribution in [-0.2, 0) is 12.8 Å². The first-order chi connectivity index (χ1) is 10.1. The van der Waals surface area contributed by atoms with Crippen molar-refractivity contribution >= 4 is 17.3 Å². The van der Waals surface area contributed by atoms with Crippen LogP contribution in [-0.4, -0.2) is 11.9 Å². The molecule has 1 aliphatic carbocycles. The van der Waals surface area contributed by atoms with E-state index >= 15 is 0 Å². The van der Waals surface area contributed by atoms with Crippen LogP contribution in [0.25, 0.3) is 0 Å². The number of aryl methyl sites for hydroxylation is 1. The van der Waals surface area contributed by atoms with Crippen molar-refractivity contribution in [3.63, 3.8) is 0 Å². The number of carbonyl (C=O) groups is 1. The van der Waals surface area contributed by atoms with Gasteiger partial charge < -0.3 is 16.8 Å². The molecule has 3 rings (SSSR count). The molecule has 2 aromatic carbocycles. The third kappa shape index (κ3) is 2.99. The highest BCUT2D eigenvalue weighted by Crippen LogP contribution is 2.21. The number of hydrogen-bond donors (Lipinski definition) is 3. The molecule has 0 radical (unpaired) electrons. The van der Waals surface area contributed by atoms with Crippen LogP contribution in [0, 0.1) is 0 Å². The lowest BCUT2D eigenvalue weighted by molar-refractivity contribution is 0.0933. The lowest BCUT2D eigenvalue weighted by atomic mass is 9.88. The fourth-order valence-electron chi connectivity index (χ4n) is 2.90. The van der Waals surface area contributed by atoms with Gasteiger partial charge in [-0.15, -0.1) is 0 Å². The molecule has 4 heteroatoms. The lowest BCUT2D eigenvalue weighted by Gasteiger charge is -2.25. The molecule has 0 saturated carbocycles. The number of rotatable bonds is 2. The summed E-state index contributed by atoms with van der Waals surface area (Å²) in [5.41, 5.74) is 15.7. The van der Waals surface area contributed by atoms with Gasteiger partial charge in [0.05, 0.1) is 0 Å². The van der Waals surface area contributed by atoms with E-state index in [9.17, 15) is 4.79 Å². The SMILES string of the molecule is Nc1cc(N)cc(C(=O)NC2CCc3ccccc3C2)c1. The van der Waals surface area contributed by atoms with E-state index in [0.717, 1.165) is 19.3 Å². The van der Waals surface area contributed by atoms with Gasteiger partial charge in [0.1, 0.15) is 0 Å². The number of carbonyl (C=O) groups excluding carboxylic acids is 1. The second kappa shape index (κ2) is 5.48. The van der Waals surface area contributed by atoms with Crippen molar-refractivity contribution in [2.75, 3.05) is 11.5 Å². The Morgan fingerprint density at radius 1 is 1.05 bits per heavy atom. The summed E-state index contributed by atoms with van der Waals surface area (Å²) in [7, 11) is 0. The van der Waals surface area contributed by atoms with Crippen LogP contribution in [0.15, 0.2) is 42.5 Å². The average molecular weight is 281 g/mol. The summed E-state index contributed by atoms with van der Waals surface area (Å²) in [5.74, 6) is -0.113. The molecule has 1 atom stereocenters. The zero-order chi connectivity index (χ0) is 14.8. The molecule has 1 unspecified atom stereocenters. The van der Waals surface area contributed by atoms with E-state index in [1.54, 1.807) is 18.2 Å². The highest BCUT2D eigenvalue weighted by Gasteiger charge is 2.20. The van der Waals surface area contributed by atoms with E-state index in [-0.39, 0.29) is 11.9 Å². The van der Waals surface area contributed by atoms with E-state index in [1.165, 1.54) is 11.1 Å². The minimum atomic E-state index is -0.113. The molecule has 0 spiro atoms. The molecule has 0 bridgehead atoms. The molecule has 0 aromatic heterocycles. The van der Waals surface area contributed by atoms with Gasteiger partial charge in [-0.2, -0.15) is 0 Å². The fourth-order valence-corrected chi connectivity index (χ4v) is 2.90. The molecule has 108 valence electrons. The summed E-state index contributed by atoms with van der Waals surface area (Å²) in [5, 5.41) is 3.08. The van der Waals surface area contributed by atoms with Crippen LogP contribution in [0.2, 0.25) is 0 Å². The number of hydrogen-bond acceptors (Lipinski definition) is 3. The highest BCUT2D eigenvalue weighted by atomic mass is 16.1. The van der Waals surface area contributed by atoms with Crippen molar-refractivity contribution in [3.05, 3.63) is 59.2 Å². The monoisotopic (exact) mass is 281 g/mol. The molecule has 0 heterocycles. The molecular weight excluding hydrogens is 262 g/mol. The van der Waals surface area contributed by atoms with Crippen LogP contribution in [0.3, 0.4) is 0 Å². The molecule has 0 saturated heterocycles. The van der Waals surface area contributed by atoms with Crippen molar-refractivity contribution in [1.82, 2.24) is 5.32 Å². The van der Waals surface area contributed by atoms with Gasteiger partial charge in [-0.1, -0.05) is 24.3 Å². The Labute approximate surface area is 124 Å². The molecule has 5 N–H and O–H groups in total. The van der Waals surface area contributed by atoms with Gasteiger partial charge in [-0.3, -0.25) is 4.79 Å². The Balaban J connectivity index is 1.71. The van der Waals surface area contributed by atoms with Crippen LogP contribution >= 0.6 is 0 Å². The van der Waals surface area contributed by atoms with Crippen molar-refractivity contribution in [3.8, 4) is 0 Å². The Hall–Kier alpha value is -2.49. The summed E-state index contributed by atoms with van der Waals surface area (Å²) < 4.78 is 0. The third-order valence-electron chi connectivity index (χ3n) is 3.92. The molecule has 0 aliphatic heterocycles. The second-order valence-corrected chi connectivity index (χ2v) is 5.57. The smallest absolute Gasteiger partial charge is 0.251 e. The Kier molecular flexibility index (Phi) is 3.52. The van der Waals surface area contributed by atoms with Crippen LogP contribution < -0.4 is 16.8 Å². The number of anilines is 2. The van der Waals surface area contributed by atoms with Gasteiger partial charge in [0.25, 0.3) is 5.91 Å².